The number of hydrogen-bond donors (Lipinski definition) is 1. The zero-order chi connectivity index (χ0) is 15.4. The van der Waals surface area contributed by atoms with Crippen LogP contribution in [0.5, 0.6) is 0 Å². The van der Waals surface area contributed by atoms with E-state index in [9.17, 15) is 4.79 Å². The standard InChI is InChI=1S/C20H26N2O/c23-20(22-7-3-5-15-4-1-2-6-18(15)22)21-19-16-9-13-8-14(11-16)12-17(19)10-13/h1-2,4,6,13-14,16-17,19H,3,5,7-12H2,(H,21,23). The minimum atomic E-state index is 0.148. The molecule has 0 saturated heterocycles. The van der Waals surface area contributed by atoms with Gasteiger partial charge in [0.1, 0.15) is 0 Å². The molecule has 6 rings (SSSR count). The van der Waals surface area contributed by atoms with Crippen molar-refractivity contribution in [3.8, 4) is 0 Å². The maximum Gasteiger partial charge on any atom is 0.322 e. The van der Waals surface area contributed by atoms with Crippen molar-refractivity contribution in [2.45, 2.75) is 51.0 Å². The normalized spacial score (nSPS) is 37.6. The highest BCUT2D eigenvalue weighted by Crippen LogP contribution is 2.53. The first-order valence-corrected chi connectivity index (χ1v) is 9.44. The van der Waals surface area contributed by atoms with Crippen LogP contribution in [0.15, 0.2) is 24.3 Å². The minimum Gasteiger partial charge on any atom is -0.334 e. The molecule has 0 unspecified atom stereocenters. The Kier molecular flexibility index (Phi) is 3.17. The predicted molar refractivity (Wildman–Crippen MR) is 91.5 cm³/mol. The molecule has 4 fully saturated rings. The first-order valence-electron chi connectivity index (χ1n) is 9.44. The molecule has 4 bridgehead atoms. The van der Waals surface area contributed by atoms with Gasteiger partial charge < -0.3 is 5.32 Å². The molecule has 2 amide bonds. The Labute approximate surface area is 138 Å². The van der Waals surface area contributed by atoms with E-state index in [-0.39, 0.29) is 6.03 Å². The van der Waals surface area contributed by atoms with Crippen molar-refractivity contribution in [3.63, 3.8) is 0 Å². The quantitative estimate of drug-likeness (QED) is 0.836. The third-order valence-electron chi connectivity index (χ3n) is 6.87. The Balaban J connectivity index is 1.35. The maximum absolute atomic E-state index is 13.0. The van der Waals surface area contributed by atoms with Crippen molar-refractivity contribution >= 4 is 11.7 Å². The van der Waals surface area contributed by atoms with Crippen LogP contribution in [0.25, 0.3) is 0 Å². The van der Waals surface area contributed by atoms with Gasteiger partial charge in [-0.2, -0.15) is 0 Å². The minimum absolute atomic E-state index is 0.148. The molecule has 3 nitrogen and oxygen atoms in total. The number of fused-ring (bicyclic) bond motifs is 1. The molecule has 1 aromatic rings. The molecule has 0 atom stereocenters. The fourth-order valence-corrected chi connectivity index (χ4v) is 6.13. The van der Waals surface area contributed by atoms with Crippen LogP contribution in [0.4, 0.5) is 10.5 Å². The van der Waals surface area contributed by atoms with Crippen molar-refractivity contribution in [1.29, 1.82) is 0 Å². The van der Waals surface area contributed by atoms with Crippen LogP contribution in [0.2, 0.25) is 0 Å². The highest BCUT2D eigenvalue weighted by molar-refractivity contribution is 5.93. The molecule has 0 spiro atoms. The second kappa shape index (κ2) is 5.25. The third kappa shape index (κ3) is 2.28. The van der Waals surface area contributed by atoms with Gasteiger partial charge in [-0.25, -0.2) is 4.79 Å². The summed E-state index contributed by atoms with van der Waals surface area (Å²) in [4.78, 5) is 15.0. The number of nitrogens with zero attached hydrogens (tertiary/aromatic N) is 1. The number of aryl methyl sites for hydroxylation is 1. The number of amides is 2. The van der Waals surface area contributed by atoms with Gasteiger partial charge >= 0.3 is 6.03 Å². The first-order chi connectivity index (χ1) is 11.3. The van der Waals surface area contributed by atoms with Crippen LogP contribution < -0.4 is 10.2 Å². The molecule has 4 saturated carbocycles. The Bertz CT molecular complexity index is 598. The summed E-state index contributed by atoms with van der Waals surface area (Å²) < 4.78 is 0. The lowest BCUT2D eigenvalue weighted by atomic mass is 9.54. The molecule has 3 heteroatoms. The highest BCUT2D eigenvalue weighted by atomic mass is 16.2. The Hall–Kier alpha value is -1.51. The molecular formula is C20H26N2O. The summed E-state index contributed by atoms with van der Waals surface area (Å²) in [6.45, 7) is 0.857. The molecule has 4 aliphatic carbocycles. The monoisotopic (exact) mass is 310 g/mol. The van der Waals surface area contributed by atoms with E-state index < -0.39 is 0 Å². The number of benzene rings is 1. The van der Waals surface area contributed by atoms with E-state index in [1.54, 1.807) is 0 Å². The zero-order valence-electron chi connectivity index (χ0n) is 13.7. The Morgan fingerprint density at radius 1 is 1.00 bits per heavy atom. The van der Waals surface area contributed by atoms with Crippen LogP contribution in [0, 0.1) is 23.7 Å². The average Bonchev–Trinajstić information content (AvgIpc) is 2.57. The van der Waals surface area contributed by atoms with Crippen molar-refractivity contribution in [3.05, 3.63) is 29.8 Å². The van der Waals surface area contributed by atoms with Crippen molar-refractivity contribution in [1.82, 2.24) is 5.32 Å². The summed E-state index contributed by atoms with van der Waals surface area (Å²) >= 11 is 0. The van der Waals surface area contributed by atoms with Gasteiger partial charge in [0.2, 0.25) is 0 Å². The summed E-state index contributed by atoms with van der Waals surface area (Å²) in [5, 5.41) is 3.46. The van der Waals surface area contributed by atoms with Crippen LogP contribution in [-0.4, -0.2) is 18.6 Å². The lowest BCUT2D eigenvalue weighted by Crippen LogP contribution is -2.58. The van der Waals surface area contributed by atoms with Gasteiger partial charge in [-0.15, -0.1) is 0 Å². The predicted octanol–water partition coefficient (Wildman–Crippen LogP) is 3.97. The van der Waals surface area contributed by atoms with E-state index in [1.807, 2.05) is 11.0 Å². The molecule has 122 valence electrons. The number of carbonyl (C=O) groups excluding carboxylic acids is 1. The van der Waals surface area contributed by atoms with Gasteiger partial charge in [0.25, 0.3) is 0 Å². The van der Waals surface area contributed by atoms with Gasteiger partial charge in [0, 0.05) is 18.3 Å². The topological polar surface area (TPSA) is 32.3 Å². The van der Waals surface area contributed by atoms with Gasteiger partial charge in [-0.05, 0) is 80.2 Å². The highest BCUT2D eigenvalue weighted by Gasteiger charge is 2.48. The zero-order valence-corrected chi connectivity index (χ0v) is 13.7. The van der Waals surface area contributed by atoms with Crippen LogP contribution >= 0.6 is 0 Å². The number of rotatable bonds is 1. The van der Waals surface area contributed by atoms with Crippen LogP contribution in [-0.2, 0) is 6.42 Å². The summed E-state index contributed by atoms with van der Waals surface area (Å²) in [6.07, 6.45) is 9.06. The van der Waals surface area contributed by atoms with Gasteiger partial charge in [0.05, 0.1) is 0 Å². The number of urea groups is 1. The summed E-state index contributed by atoms with van der Waals surface area (Å²) in [6, 6.07) is 8.98. The largest absolute Gasteiger partial charge is 0.334 e. The number of anilines is 1. The average molecular weight is 310 g/mol. The van der Waals surface area contributed by atoms with Crippen molar-refractivity contribution in [2.24, 2.45) is 23.7 Å². The molecule has 5 aliphatic rings. The summed E-state index contributed by atoms with van der Waals surface area (Å²) in [5.41, 5.74) is 2.44. The van der Waals surface area contributed by atoms with E-state index in [0.717, 1.165) is 48.7 Å². The molecule has 23 heavy (non-hydrogen) atoms. The molecule has 1 heterocycles. The first kappa shape index (κ1) is 13.9. The molecule has 1 aromatic carbocycles. The van der Waals surface area contributed by atoms with Crippen molar-refractivity contribution in [2.75, 3.05) is 11.4 Å². The van der Waals surface area contributed by atoms with E-state index >= 15 is 0 Å². The molecule has 0 aromatic heterocycles. The Morgan fingerprint density at radius 2 is 1.70 bits per heavy atom. The van der Waals surface area contributed by atoms with E-state index in [0.29, 0.717) is 6.04 Å². The van der Waals surface area contributed by atoms with Gasteiger partial charge in [-0.3, -0.25) is 4.90 Å². The number of para-hydroxylation sites is 1. The maximum atomic E-state index is 13.0. The molecular weight excluding hydrogens is 284 g/mol. The lowest BCUT2D eigenvalue weighted by molar-refractivity contribution is -0.00912. The second-order valence-corrected chi connectivity index (χ2v) is 8.29. The fraction of sp³-hybridized carbons (Fsp3) is 0.650. The van der Waals surface area contributed by atoms with E-state index in [4.69, 9.17) is 0 Å². The summed E-state index contributed by atoms with van der Waals surface area (Å²) in [5.74, 6) is 3.41. The molecule has 1 aliphatic heterocycles. The Morgan fingerprint density at radius 3 is 2.43 bits per heavy atom. The van der Waals surface area contributed by atoms with Gasteiger partial charge in [-0.1, -0.05) is 18.2 Å². The van der Waals surface area contributed by atoms with Gasteiger partial charge in [0.15, 0.2) is 0 Å². The second-order valence-electron chi connectivity index (χ2n) is 8.29. The molecule has 0 radical (unpaired) electrons. The van der Waals surface area contributed by atoms with E-state index in [1.165, 1.54) is 37.7 Å². The SMILES string of the molecule is O=C(NC1C2CC3CC(C2)CC1C3)N1CCCc2ccccc21. The molecule has 1 N–H and O–H groups in total. The van der Waals surface area contributed by atoms with E-state index in [2.05, 4.69) is 23.5 Å². The fourth-order valence-electron chi connectivity index (χ4n) is 6.13. The summed E-state index contributed by atoms with van der Waals surface area (Å²) in [7, 11) is 0. The van der Waals surface area contributed by atoms with Crippen molar-refractivity contribution < 1.29 is 4.79 Å². The number of nitrogens with one attached hydrogen (secondary N) is 1. The van der Waals surface area contributed by atoms with Crippen LogP contribution in [0.1, 0.15) is 44.1 Å². The third-order valence-corrected chi connectivity index (χ3v) is 6.87. The number of hydrogen-bond acceptors (Lipinski definition) is 1. The van der Waals surface area contributed by atoms with Crippen LogP contribution in [0.3, 0.4) is 0 Å². The number of carbonyl (C=O) groups is 1. The smallest absolute Gasteiger partial charge is 0.322 e. The lowest BCUT2D eigenvalue weighted by Gasteiger charge is -2.54.